The minimum atomic E-state index is -0.844. The van der Waals surface area contributed by atoms with Crippen molar-refractivity contribution in [1.82, 2.24) is 25.3 Å². The highest BCUT2D eigenvalue weighted by molar-refractivity contribution is 5.73. The number of alkyl halides is 1. The van der Waals surface area contributed by atoms with Crippen LogP contribution in [0.4, 0.5) is 9.18 Å². The molecule has 2 N–H and O–H groups in total. The molecule has 0 unspecified atom stereocenters. The summed E-state index contributed by atoms with van der Waals surface area (Å²) >= 11 is 0. The van der Waals surface area contributed by atoms with Crippen molar-refractivity contribution in [3.63, 3.8) is 0 Å². The molecule has 0 aliphatic carbocycles. The van der Waals surface area contributed by atoms with Gasteiger partial charge >= 0.3 is 6.03 Å². The SMILES string of the molecule is Cn1cc(CN2C[C@@H](F)C[C@H]2CNC(=O)NC[C@@H]2CCCO2)cn1. The summed E-state index contributed by atoms with van der Waals surface area (Å²) in [5.41, 5.74) is 1.06. The van der Waals surface area contributed by atoms with Gasteiger partial charge in [0.1, 0.15) is 6.17 Å². The molecule has 134 valence electrons. The van der Waals surface area contributed by atoms with Crippen molar-refractivity contribution in [2.45, 2.75) is 44.1 Å². The molecule has 7 nitrogen and oxygen atoms in total. The fourth-order valence-corrected chi connectivity index (χ4v) is 3.40. The molecule has 0 bridgehead atoms. The van der Waals surface area contributed by atoms with Crippen LogP contribution in [0.5, 0.6) is 0 Å². The number of aryl methyl sites for hydroxylation is 1. The molecule has 0 saturated carbocycles. The van der Waals surface area contributed by atoms with E-state index in [0.29, 0.717) is 32.6 Å². The fourth-order valence-electron chi connectivity index (χ4n) is 3.40. The lowest BCUT2D eigenvalue weighted by molar-refractivity contribution is 0.111. The third-order valence-electron chi connectivity index (χ3n) is 4.63. The Morgan fingerprint density at radius 2 is 2.29 bits per heavy atom. The molecule has 0 aromatic carbocycles. The number of aromatic nitrogens is 2. The van der Waals surface area contributed by atoms with Crippen LogP contribution in [-0.4, -0.2) is 65.3 Å². The maximum absolute atomic E-state index is 13.8. The van der Waals surface area contributed by atoms with Crippen LogP contribution in [-0.2, 0) is 18.3 Å². The first-order valence-electron chi connectivity index (χ1n) is 8.59. The number of nitrogens with one attached hydrogen (secondary N) is 2. The molecule has 3 heterocycles. The van der Waals surface area contributed by atoms with Gasteiger partial charge in [0.25, 0.3) is 0 Å². The summed E-state index contributed by atoms with van der Waals surface area (Å²) in [4.78, 5) is 14.0. The maximum atomic E-state index is 13.8. The number of halogens is 1. The highest BCUT2D eigenvalue weighted by atomic mass is 19.1. The number of likely N-dealkylation sites (tertiary alicyclic amines) is 1. The van der Waals surface area contributed by atoms with Crippen molar-refractivity contribution in [3.8, 4) is 0 Å². The Kier molecular flexibility index (Phi) is 5.68. The molecule has 3 atom stereocenters. The normalized spacial score (nSPS) is 27.5. The van der Waals surface area contributed by atoms with Gasteiger partial charge in [-0.3, -0.25) is 9.58 Å². The summed E-state index contributed by atoms with van der Waals surface area (Å²) in [6.07, 6.45) is 5.51. The first-order chi connectivity index (χ1) is 11.6. The first-order valence-corrected chi connectivity index (χ1v) is 8.59. The van der Waals surface area contributed by atoms with E-state index >= 15 is 0 Å². The monoisotopic (exact) mass is 339 g/mol. The Labute approximate surface area is 141 Å². The van der Waals surface area contributed by atoms with Crippen molar-refractivity contribution in [2.75, 3.05) is 26.2 Å². The molecule has 1 aromatic heterocycles. The molecular formula is C16H26FN5O2. The van der Waals surface area contributed by atoms with Gasteiger partial charge in [-0.1, -0.05) is 0 Å². The molecule has 2 aliphatic heterocycles. The number of hydrogen-bond acceptors (Lipinski definition) is 4. The maximum Gasteiger partial charge on any atom is 0.314 e. The third-order valence-corrected chi connectivity index (χ3v) is 4.63. The lowest BCUT2D eigenvalue weighted by Crippen LogP contribution is -2.45. The number of urea groups is 1. The molecule has 0 radical (unpaired) electrons. The zero-order chi connectivity index (χ0) is 16.9. The summed E-state index contributed by atoms with van der Waals surface area (Å²) in [5.74, 6) is 0. The molecule has 8 heteroatoms. The van der Waals surface area contributed by atoms with Crippen molar-refractivity contribution >= 4 is 6.03 Å². The van der Waals surface area contributed by atoms with E-state index in [2.05, 4.69) is 20.6 Å². The van der Waals surface area contributed by atoms with E-state index in [1.165, 1.54) is 0 Å². The topological polar surface area (TPSA) is 71.4 Å². The Bertz CT molecular complexity index is 546. The van der Waals surface area contributed by atoms with Crippen LogP contribution in [0.1, 0.15) is 24.8 Å². The van der Waals surface area contributed by atoms with Gasteiger partial charge in [0.2, 0.25) is 0 Å². The number of ether oxygens (including phenoxy) is 1. The number of carbonyl (C=O) groups is 1. The van der Waals surface area contributed by atoms with E-state index in [-0.39, 0.29) is 18.2 Å². The van der Waals surface area contributed by atoms with Crippen LogP contribution < -0.4 is 10.6 Å². The van der Waals surface area contributed by atoms with Crippen LogP contribution in [0.25, 0.3) is 0 Å². The molecule has 2 saturated heterocycles. The Hall–Kier alpha value is -1.67. The minimum absolute atomic E-state index is 0.00804. The van der Waals surface area contributed by atoms with Crippen LogP contribution in [0.3, 0.4) is 0 Å². The van der Waals surface area contributed by atoms with Crippen molar-refractivity contribution in [3.05, 3.63) is 18.0 Å². The summed E-state index contributed by atoms with van der Waals surface area (Å²) in [6, 6.07) is -0.206. The van der Waals surface area contributed by atoms with Crippen molar-refractivity contribution in [2.24, 2.45) is 7.05 Å². The zero-order valence-electron chi connectivity index (χ0n) is 14.1. The van der Waals surface area contributed by atoms with Crippen LogP contribution in [0.2, 0.25) is 0 Å². The van der Waals surface area contributed by atoms with E-state index in [1.807, 2.05) is 13.2 Å². The quantitative estimate of drug-likeness (QED) is 0.805. The molecule has 3 rings (SSSR count). The Morgan fingerprint density at radius 1 is 1.46 bits per heavy atom. The van der Waals surface area contributed by atoms with Crippen molar-refractivity contribution < 1.29 is 13.9 Å². The number of nitrogens with zero attached hydrogens (tertiary/aromatic N) is 3. The van der Waals surface area contributed by atoms with E-state index in [4.69, 9.17) is 4.74 Å². The van der Waals surface area contributed by atoms with E-state index in [1.54, 1.807) is 10.9 Å². The lowest BCUT2D eigenvalue weighted by Gasteiger charge is -2.23. The van der Waals surface area contributed by atoms with Crippen LogP contribution in [0.15, 0.2) is 12.4 Å². The van der Waals surface area contributed by atoms with Crippen molar-refractivity contribution in [1.29, 1.82) is 0 Å². The summed E-state index contributed by atoms with van der Waals surface area (Å²) in [5, 5.41) is 9.83. The highest BCUT2D eigenvalue weighted by Gasteiger charge is 2.32. The zero-order valence-corrected chi connectivity index (χ0v) is 14.1. The number of hydrogen-bond donors (Lipinski definition) is 2. The molecular weight excluding hydrogens is 313 g/mol. The number of rotatable bonds is 6. The predicted octanol–water partition coefficient (Wildman–Crippen LogP) is 0.811. The smallest absolute Gasteiger partial charge is 0.314 e. The Balaban J connectivity index is 1.42. The van der Waals surface area contributed by atoms with E-state index in [0.717, 1.165) is 25.0 Å². The molecule has 2 amide bonds. The number of amides is 2. The van der Waals surface area contributed by atoms with Crippen LogP contribution >= 0.6 is 0 Å². The molecule has 1 aromatic rings. The number of carbonyl (C=O) groups excluding carboxylic acids is 1. The van der Waals surface area contributed by atoms with Gasteiger partial charge in [0.15, 0.2) is 0 Å². The van der Waals surface area contributed by atoms with Gasteiger partial charge in [0, 0.05) is 57.6 Å². The second-order valence-electron chi connectivity index (χ2n) is 6.66. The predicted molar refractivity (Wildman–Crippen MR) is 87.3 cm³/mol. The first kappa shape index (κ1) is 17.2. The highest BCUT2D eigenvalue weighted by Crippen LogP contribution is 2.22. The molecule has 0 spiro atoms. The summed E-state index contributed by atoms with van der Waals surface area (Å²) in [6.45, 7) is 2.80. The van der Waals surface area contributed by atoms with Gasteiger partial charge in [-0.05, 0) is 19.3 Å². The minimum Gasteiger partial charge on any atom is -0.376 e. The van der Waals surface area contributed by atoms with Crippen LogP contribution in [0, 0.1) is 0 Å². The van der Waals surface area contributed by atoms with E-state index in [9.17, 15) is 9.18 Å². The average molecular weight is 339 g/mol. The van der Waals surface area contributed by atoms with Gasteiger partial charge < -0.3 is 15.4 Å². The van der Waals surface area contributed by atoms with Gasteiger partial charge in [-0.25, -0.2) is 9.18 Å². The second-order valence-corrected chi connectivity index (χ2v) is 6.66. The lowest BCUT2D eigenvalue weighted by atomic mass is 10.2. The second kappa shape index (κ2) is 7.94. The largest absolute Gasteiger partial charge is 0.376 e. The molecule has 24 heavy (non-hydrogen) atoms. The third kappa shape index (κ3) is 4.67. The standard InChI is InChI=1S/C16H26FN5O2/c1-21-9-12(6-20-21)10-22-11-13(17)5-14(22)7-18-16(23)19-8-15-3-2-4-24-15/h6,9,13-15H,2-5,7-8,10-11H2,1H3,(H2,18,19,23)/t13-,14-,15-/m0/s1. The Morgan fingerprint density at radius 3 is 3.00 bits per heavy atom. The summed E-state index contributed by atoms with van der Waals surface area (Å²) in [7, 11) is 1.86. The fraction of sp³-hybridized carbons (Fsp3) is 0.750. The van der Waals surface area contributed by atoms with Gasteiger partial charge in [-0.15, -0.1) is 0 Å². The van der Waals surface area contributed by atoms with Gasteiger partial charge in [-0.2, -0.15) is 5.10 Å². The summed E-state index contributed by atoms with van der Waals surface area (Å²) < 4.78 is 21.0. The average Bonchev–Trinajstić information content (AvgIpc) is 3.26. The molecule has 2 aliphatic rings. The molecule has 2 fully saturated rings. The van der Waals surface area contributed by atoms with Gasteiger partial charge in [0.05, 0.1) is 12.3 Å². The van der Waals surface area contributed by atoms with E-state index < -0.39 is 6.17 Å².